The van der Waals surface area contributed by atoms with E-state index in [1.54, 1.807) is 0 Å². The molecule has 1 N–H and O–H groups in total. The molecular formula is C3H9NSi. The van der Waals surface area contributed by atoms with Crippen molar-refractivity contribution in [2.45, 2.75) is 0 Å². The van der Waals surface area contributed by atoms with Crippen LogP contribution in [0.1, 0.15) is 0 Å². The highest BCUT2D eigenvalue weighted by Gasteiger charge is 1.45. The molecule has 0 aliphatic carbocycles. The normalized spacial score (nSPS) is 9.80. The highest BCUT2D eigenvalue weighted by molar-refractivity contribution is 6.16. The molecule has 0 unspecified atom stereocenters. The summed E-state index contributed by atoms with van der Waals surface area (Å²) >= 11 is 0. The molecular weight excluding hydrogens is 78.1 g/mol. The number of hydrogen-bond donors (Lipinski definition) is 1. The van der Waals surface area contributed by atoms with Crippen molar-refractivity contribution >= 4 is 10.2 Å². The molecule has 0 saturated heterocycles. The summed E-state index contributed by atoms with van der Waals surface area (Å²) in [5.74, 6) is 0. The molecule has 2 heteroatoms. The topological polar surface area (TPSA) is 12.0 Å². The van der Waals surface area contributed by atoms with E-state index in [1.807, 2.05) is 13.2 Å². The van der Waals surface area contributed by atoms with Crippen LogP contribution in [0.2, 0.25) is 0 Å². The number of rotatable bonds is 1. The predicted molar refractivity (Wildman–Crippen MR) is 28.1 cm³/mol. The molecule has 0 saturated carbocycles. The second kappa shape index (κ2) is 3.76. The van der Waals surface area contributed by atoms with Crippen LogP contribution < -0.4 is 5.32 Å². The SMILES string of the molecule is CNC=C[SiH3]. The minimum absolute atomic E-state index is 1.16. The minimum Gasteiger partial charge on any atom is -0.395 e. The van der Waals surface area contributed by atoms with Crippen LogP contribution in [0.25, 0.3) is 0 Å². The minimum atomic E-state index is 1.16. The van der Waals surface area contributed by atoms with Crippen LogP contribution in [-0.2, 0) is 0 Å². The van der Waals surface area contributed by atoms with Gasteiger partial charge in [0.1, 0.15) is 0 Å². The first-order chi connectivity index (χ1) is 2.41. The molecule has 30 valence electrons. The Morgan fingerprint density at radius 3 is 2.40 bits per heavy atom. The van der Waals surface area contributed by atoms with Gasteiger partial charge in [0.05, 0.1) is 0 Å². The van der Waals surface area contributed by atoms with Crippen molar-refractivity contribution in [3.63, 3.8) is 0 Å². The van der Waals surface area contributed by atoms with E-state index in [2.05, 4.69) is 11.0 Å². The van der Waals surface area contributed by atoms with Gasteiger partial charge in [-0.2, -0.15) is 0 Å². The zero-order chi connectivity index (χ0) is 4.12. The van der Waals surface area contributed by atoms with Gasteiger partial charge in [-0.1, -0.05) is 5.70 Å². The lowest BCUT2D eigenvalue weighted by Gasteiger charge is -1.75. The fourth-order valence-electron chi connectivity index (χ4n) is 0.167. The Hall–Kier alpha value is -0.243. The summed E-state index contributed by atoms with van der Waals surface area (Å²) in [5.41, 5.74) is 2.08. The molecule has 0 aromatic heterocycles. The molecule has 0 heterocycles. The molecule has 0 bridgehead atoms. The maximum atomic E-state index is 2.87. The van der Waals surface area contributed by atoms with Crippen LogP contribution in [0, 0.1) is 0 Å². The van der Waals surface area contributed by atoms with Crippen LogP contribution in [0.3, 0.4) is 0 Å². The first-order valence-corrected chi connectivity index (χ1v) is 2.85. The first-order valence-electron chi connectivity index (χ1n) is 1.70. The summed E-state index contributed by atoms with van der Waals surface area (Å²) in [6, 6.07) is 0. The average molecular weight is 87.2 g/mol. The lowest BCUT2D eigenvalue weighted by molar-refractivity contribution is 1.11. The van der Waals surface area contributed by atoms with Gasteiger partial charge in [0, 0.05) is 17.3 Å². The quantitative estimate of drug-likeness (QED) is 0.406. The largest absolute Gasteiger partial charge is 0.395 e. The van der Waals surface area contributed by atoms with E-state index in [0.717, 1.165) is 10.2 Å². The van der Waals surface area contributed by atoms with Gasteiger partial charge in [0.15, 0.2) is 0 Å². The molecule has 0 aliphatic rings. The van der Waals surface area contributed by atoms with E-state index in [-0.39, 0.29) is 0 Å². The van der Waals surface area contributed by atoms with E-state index >= 15 is 0 Å². The van der Waals surface area contributed by atoms with Gasteiger partial charge in [0.2, 0.25) is 0 Å². The van der Waals surface area contributed by atoms with Crippen LogP contribution in [0.4, 0.5) is 0 Å². The molecule has 1 nitrogen and oxygen atoms in total. The highest BCUT2D eigenvalue weighted by Crippen LogP contribution is 1.46. The van der Waals surface area contributed by atoms with Crippen LogP contribution in [0.15, 0.2) is 11.9 Å². The Bertz CT molecular complexity index is 33.9. The van der Waals surface area contributed by atoms with E-state index in [1.165, 1.54) is 0 Å². The molecule has 0 aromatic rings. The van der Waals surface area contributed by atoms with Crippen molar-refractivity contribution < 1.29 is 0 Å². The lowest BCUT2D eigenvalue weighted by atomic mass is 11.0. The standard InChI is InChI=1S/C3H9NSi/c1-4-2-3-5/h2-4H,1,5H3. The Kier molecular flexibility index (Phi) is 3.57. The fraction of sp³-hybridized carbons (Fsp3) is 0.333. The number of hydrogen-bond acceptors (Lipinski definition) is 1. The van der Waals surface area contributed by atoms with Crippen molar-refractivity contribution in [3.05, 3.63) is 11.9 Å². The second-order valence-corrected chi connectivity index (χ2v) is 1.46. The van der Waals surface area contributed by atoms with E-state index in [0.29, 0.717) is 0 Å². The zero-order valence-corrected chi connectivity index (χ0v) is 5.65. The summed E-state index contributed by atoms with van der Waals surface area (Å²) in [6.45, 7) is 0. The van der Waals surface area contributed by atoms with Crippen LogP contribution >= 0.6 is 0 Å². The van der Waals surface area contributed by atoms with Crippen LogP contribution in [0.5, 0.6) is 0 Å². The van der Waals surface area contributed by atoms with Crippen molar-refractivity contribution in [1.29, 1.82) is 0 Å². The molecule has 0 fully saturated rings. The Morgan fingerprint density at radius 2 is 2.40 bits per heavy atom. The van der Waals surface area contributed by atoms with Crippen molar-refractivity contribution in [2.24, 2.45) is 0 Å². The Morgan fingerprint density at radius 1 is 1.80 bits per heavy atom. The molecule has 0 amide bonds. The molecule has 5 heavy (non-hydrogen) atoms. The van der Waals surface area contributed by atoms with Crippen molar-refractivity contribution in [2.75, 3.05) is 7.05 Å². The average Bonchev–Trinajstić information content (AvgIpc) is 1.41. The third kappa shape index (κ3) is 3.76. The fourth-order valence-corrected chi connectivity index (χ4v) is 0.500. The van der Waals surface area contributed by atoms with Gasteiger partial charge in [-0.3, -0.25) is 0 Å². The maximum Gasteiger partial charge on any atom is 0.0310 e. The van der Waals surface area contributed by atoms with Gasteiger partial charge >= 0.3 is 0 Å². The lowest BCUT2D eigenvalue weighted by Crippen LogP contribution is -1.89. The van der Waals surface area contributed by atoms with E-state index < -0.39 is 0 Å². The summed E-state index contributed by atoms with van der Waals surface area (Å²) in [4.78, 5) is 0. The zero-order valence-electron chi connectivity index (χ0n) is 3.65. The highest BCUT2D eigenvalue weighted by atomic mass is 28.1. The van der Waals surface area contributed by atoms with Crippen LogP contribution in [-0.4, -0.2) is 17.3 Å². The molecule has 0 atom stereocenters. The molecule has 0 rings (SSSR count). The van der Waals surface area contributed by atoms with Gasteiger partial charge in [-0.05, 0) is 6.20 Å². The Balaban J connectivity index is 2.62. The van der Waals surface area contributed by atoms with Gasteiger partial charge in [-0.25, -0.2) is 0 Å². The molecule has 0 aliphatic heterocycles. The monoisotopic (exact) mass is 87.1 g/mol. The van der Waals surface area contributed by atoms with E-state index in [9.17, 15) is 0 Å². The predicted octanol–water partition coefficient (Wildman–Crippen LogP) is -0.958. The third-order valence-corrected chi connectivity index (χ3v) is 0.667. The smallest absolute Gasteiger partial charge is 0.0310 e. The summed E-state index contributed by atoms with van der Waals surface area (Å²) in [7, 11) is 3.05. The third-order valence-electron chi connectivity index (χ3n) is 0.333. The first kappa shape index (κ1) is 4.76. The molecule has 0 aromatic carbocycles. The van der Waals surface area contributed by atoms with Gasteiger partial charge in [0.25, 0.3) is 0 Å². The van der Waals surface area contributed by atoms with Crippen molar-refractivity contribution in [1.82, 2.24) is 5.32 Å². The number of nitrogens with one attached hydrogen (secondary N) is 1. The summed E-state index contributed by atoms with van der Waals surface area (Å²) in [6.07, 6.45) is 1.94. The Labute approximate surface area is 35.5 Å². The second-order valence-electron chi connectivity index (χ2n) is 0.789. The summed E-state index contributed by atoms with van der Waals surface area (Å²) in [5, 5.41) is 2.87. The van der Waals surface area contributed by atoms with Gasteiger partial charge < -0.3 is 5.32 Å². The van der Waals surface area contributed by atoms with Crippen molar-refractivity contribution in [3.8, 4) is 0 Å². The molecule has 0 spiro atoms. The summed E-state index contributed by atoms with van der Waals surface area (Å²) < 4.78 is 0. The van der Waals surface area contributed by atoms with E-state index in [4.69, 9.17) is 0 Å². The molecule has 0 radical (unpaired) electrons. The van der Waals surface area contributed by atoms with Gasteiger partial charge in [-0.15, -0.1) is 0 Å². The maximum absolute atomic E-state index is 2.87.